The summed E-state index contributed by atoms with van der Waals surface area (Å²) in [6.45, 7) is 6.43. The van der Waals surface area contributed by atoms with Gasteiger partial charge in [-0.2, -0.15) is 0 Å². The van der Waals surface area contributed by atoms with E-state index in [1.807, 2.05) is 86.3 Å². The summed E-state index contributed by atoms with van der Waals surface area (Å²) in [7, 11) is 0. The molecule has 0 aliphatic heterocycles. The van der Waals surface area contributed by atoms with E-state index in [0.29, 0.717) is 11.7 Å². The number of anilines is 1. The molecular formula is C27H28N2O2S. The van der Waals surface area contributed by atoms with E-state index in [1.54, 1.807) is 6.08 Å². The molecule has 2 N–H and O–H groups in total. The van der Waals surface area contributed by atoms with Gasteiger partial charge in [0.1, 0.15) is 0 Å². The van der Waals surface area contributed by atoms with Gasteiger partial charge in [-0.15, -0.1) is 0 Å². The van der Waals surface area contributed by atoms with Crippen molar-refractivity contribution < 1.29 is 9.90 Å². The maximum Gasteiger partial charge on any atom is 0.250 e. The van der Waals surface area contributed by atoms with E-state index >= 15 is 0 Å². The molecule has 0 spiro atoms. The maximum absolute atomic E-state index is 12.6. The van der Waals surface area contributed by atoms with Gasteiger partial charge in [0, 0.05) is 11.8 Å². The second-order valence-electron chi connectivity index (χ2n) is 7.84. The number of hydrogen-bond donors (Lipinski definition) is 2. The molecule has 164 valence electrons. The van der Waals surface area contributed by atoms with Gasteiger partial charge in [-0.25, -0.2) is 0 Å². The van der Waals surface area contributed by atoms with Crippen LogP contribution in [-0.4, -0.2) is 16.1 Å². The fourth-order valence-corrected chi connectivity index (χ4v) is 3.64. The maximum atomic E-state index is 12.6. The van der Waals surface area contributed by atoms with Crippen LogP contribution in [0.15, 0.2) is 72.8 Å². The first kappa shape index (κ1) is 23.4. The quantitative estimate of drug-likeness (QED) is 0.404. The first-order chi connectivity index (χ1) is 15.4. The molecule has 4 nitrogen and oxygen atoms in total. The summed E-state index contributed by atoms with van der Waals surface area (Å²) in [6.07, 6.45) is 3.25. The van der Waals surface area contributed by atoms with Crippen LogP contribution in [-0.2, 0) is 17.9 Å². The van der Waals surface area contributed by atoms with Crippen LogP contribution in [0.5, 0.6) is 0 Å². The Balaban J connectivity index is 1.85. The Morgan fingerprint density at radius 2 is 1.62 bits per heavy atom. The molecule has 0 aromatic heterocycles. The molecule has 0 heterocycles. The zero-order chi connectivity index (χ0) is 23.1. The van der Waals surface area contributed by atoms with Crippen molar-refractivity contribution in [2.24, 2.45) is 0 Å². The minimum Gasteiger partial charge on any atom is -0.392 e. The third-order valence-corrected chi connectivity index (χ3v) is 5.57. The Morgan fingerprint density at radius 3 is 2.31 bits per heavy atom. The number of thiocarbonyl (C=S) groups is 1. The number of aliphatic hydroxyl groups is 1. The molecule has 0 fully saturated rings. The Bertz CT molecular complexity index is 1140. The third-order valence-electron chi connectivity index (χ3n) is 5.25. The molecule has 0 aliphatic rings. The number of nitrogens with zero attached hydrogens (tertiary/aromatic N) is 1. The van der Waals surface area contributed by atoms with E-state index < -0.39 is 0 Å². The Labute approximate surface area is 195 Å². The van der Waals surface area contributed by atoms with E-state index in [4.69, 9.17) is 12.2 Å². The van der Waals surface area contributed by atoms with E-state index in [1.165, 1.54) is 11.6 Å². The molecule has 0 aliphatic carbocycles. The van der Waals surface area contributed by atoms with Gasteiger partial charge in [-0.05, 0) is 72.9 Å². The standard InChI is InChI=1S/C27H28N2O2S/c1-19-9-12-22(13-10-19)14-15-26(31)28-27(32)29(25-16-20(2)8-11-21(25)3)17-23-6-4-5-7-24(23)18-30/h4-16,30H,17-18H2,1-3H3,(H,28,31,32). The summed E-state index contributed by atoms with van der Waals surface area (Å²) in [5.74, 6) is -0.290. The SMILES string of the molecule is Cc1ccc(C=CC(=O)NC(=S)N(Cc2ccccc2CO)c2cc(C)ccc2C)cc1. The molecule has 3 rings (SSSR count). The molecule has 1 amide bonds. The number of aliphatic hydroxyl groups excluding tert-OH is 1. The molecule has 0 atom stereocenters. The largest absolute Gasteiger partial charge is 0.392 e. The monoisotopic (exact) mass is 444 g/mol. The first-order valence-electron chi connectivity index (χ1n) is 10.5. The second kappa shape index (κ2) is 10.8. The van der Waals surface area contributed by atoms with Crippen LogP contribution in [0.3, 0.4) is 0 Å². The van der Waals surface area contributed by atoms with E-state index in [2.05, 4.69) is 11.4 Å². The lowest BCUT2D eigenvalue weighted by atomic mass is 10.1. The summed E-state index contributed by atoms with van der Waals surface area (Å²) < 4.78 is 0. The van der Waals surface area contributed by atoms with Crippen molar-refractivity contribution in [3.63, 3.8) is 0 Å². The molecule has 0 saturated heterocycles. The highest BCUT2D eigenvalue weighted by Gasteiger charge is 2.18. The van der Waals surface area contributed by atoms with Crippen LogP contribution in [0.1, 0.15) is 33.4 Å². The van der Waals surface area contributed by atoms with E-state index in [0.717, 1.165) is 33.5 Å². The molecule has 0 radical (unpaired) electrons. The zero-order valence-electron chi connectivity index (χ0n) is 18.6. The normalized spacial score (nSPS) is 10.9. The van der Waals surface area contributed by atoms with Gasteiger partial charge in [0.25, 0.3) is 0 Å². The van der Waals surface area contributed by atoms with Crippen molar-refractivity contribution in [2.45, 2.75) is 33.9 Å². The molecule has 32 heavy (non-hydrogen) atoms. The van der Waals surface area contributed by atoms with Crippen LogP contribution in [0, 0.1) is 20.8 Å². The van der Waals surface area contributed by atoms with Crippen LogP contribution >= 0.6 is 12.2 Å². The zero-order valence-corrected chi connectivity index (χ0v) is 19.4. The summed E-state index contributed by atoms with van der Waals surface area (Å²) in [4.78, 5) is 14.5. The topological polar surface area (TPSA) is 52.6 Å². The third kappa shape index (κ3) is 6.13. The predicted octanol–water partition coefficient (Wildman–Crippen LogP) is 5.23. The van der Waals surface area contributed by atoms with Crippen molar-refractivity contribution in [1.29, 1.82) is 0 Å². The molecule has 0 bridgehead atoms. The average molecular weight is 445 g/mol. The number of aryl methyl sites for hydroxylation is 3. The summed E-state index contributed by atoms with van der Waals surface area (Å²) in [6, 6.07) is 21.8. The van der Waals surface area contributed by atoms with E-state index in [9.17, 15) is 9.90 Å². The first-order valence-corrected chi connectivity index (χ1v) is 10.9. The Morgan fingerprint density at radius 1 is 0.969 bits per heavy atom. The van der Waals surface area contributed by atoms with E-state index in [-0.39, 0.29) is 12.5 Å². The number of nitrogens with one attached hydrogen (secondary N) is 1. The minimum atomic E-state index is -0.290. The highest BCUT2D eigenvalue weighted by molar-refractivity contribution is 7.80. The highest BCUT2D eigenvalue weighted by Crippen LogP contribution is 2.25. The van der Waals surface area contributed by atoms with Crippen molar-refractivity contribution in [3.8, 4) is 0 Å². The van der Waals surface area contributed by atoms with Gasteiger partial charge in [0.15, 0.2) is 5.11 Å². The Hall–Kier alpha value is -3.28. The lowest BCUT2D eigenvalue weighted by Crippen LogP contribution is -2.42. The molecular weight excluding hydrogens is 416 g/mol. The van der Waals surface area contributed by atoms with Gasteiger partial charge in [0.05, 0.1) is 13.2 Å². The van der Waals surface area contributed by atoms with Crippen molar-refractivity contribution in [2.75, 3.05) is 4.90 Å². The predicted molar refractivity (Wildman–Crippen MR) is 135 cm³/mol. The summed E-state index contributed by atoms with van der Waals surface area (Å²) >= 11 is 5.66. The van der Waals surface area contributed by atoms with Gasteiger partial charge < -0.3 is 10.0 Å². The molecule has 0 saturated carbocycles. The van der Waals surface area contributed by atoms with Crippen molar-refractivity contribution in [1.82, 2.24) is 5.32 Å². The number of carbonyl (C=O) groups excluding carboxylic acids is 1. The minimum absolute atomic E-state index is 0.0603. The number of benzene rings is 3. The van der Waals surface area contributed by atoms with Crippen LogP contribution in [0.25, 0.3) is 6.08 Å². The van der Waals surface area contributed by atoms with Gasteiger partial charge in [-0.3, -0.25) is 10.1 Å². The smallest absolute Gasteiger partial charge is 0.250 e. The van der Waals surface area contributed by atoms with Crippen LogP contribution in [0.2, 0.25) is 0 Å². The van der Waals surface area contributed by atoms with Gasteiger partial charge in [-0.1, -0.05) is 66.2 Å². The van der Waals surface area contributed by atoms with Crippen molar-refractivity contribution in [3.05, 3.63) is 106 Å². The second-order valence-corrected chi connectivity index (χ2v) is 8.23. The lowest BCUT2D eigenvalue weighted by molar-refractivity contribution is -0.115. The number of hydrogen-bond acceptors (Lipinski definition) is 3. The number of amides is 1. The lowest BCUT2D eigenvalue weighted by Gasteiger charge is -2.28. The van der Waals surface area contributed by atoms with Gasteiger partial charge in [0.2, 0.25) is 5.91 Å². The number of carbonyl (C=O) groups is 1. The fourth-order valence-electron chi connectivity index (χ4n) is 3.38. The summed E-state index contributed by atoms with van der Waals surface area (Å²) in [5.41, 5.74) is 6.95. The van der Waals surface area contributed by atoms with Gasteiger partial charge >= 0.3 is 0 Å². The van der Waals surface area contributed by atoms with Crippen molar-refractivity contribution >= 4 is 35.0 Å². The molecule has 3 aromatic rings. The Kier molecular flexibility index (Phi) is 7.92. The highest BCUT2D eigenvalue weighted by atomic mass is 32.1. The molecule has 5 heteroatoms. The summed E-state index contributed by atoms with van der Waals surface area (Å²) in [5, 5.41) is 12.9. The average Bonchev–Trinajstić information content (AvgIpc) is 2.79. The molecule has 3 aromatic carbocycles. The fraction of sp³-hybridized carbons (Fsp3) is 0.185. The van der Waals surface area contributed by atoms with Crippen LogP contribution in [0.4, 0.5) is 5.69 Å². The number of rotatable bonds is 6. The van der Waals surface area contributed by atoms with Crippen LogP contribution < -0.4 is 10.2 Å². The molecule has 0 unspecified atom stereocenters.